The lowest BCUT2D eigenvalue weighted by Crippen LogP contribution is -2.44. The van der Waals surface area contributed by atoms with E-state index >= 15 is 0 Å². The molecule has 0 atom stereocenters. The average molecular weight is 531 g/mol. The summed E-state index contributed by atoms with van der Waals surface area (Å²) in [5, 5.41) is 3.41. The molecule has 1 N–H and O–H groups in total. The van der Waals surface area contributed by atoms with Crippen molar-refractivity contribution in [3.05, 3.63) is 95.2 Å². The van der Waals surface area contributed by atoms with Crippen LogP contribution in [0, 0.1) is 11.8 Å². The summed E-state index contributed by atoms with van der Waals surface area (Å²) in [7, 11) is 1.99. The molecule has 1 fully saturated rings. The molecule has 5 rings (SSSR count). The van der Waals surface area contributed by atoms with E-state index in [-0.39, 0.29) is 23.4 Å². The van der Waals surface area contributed by atoms with Crippen LogP contribution < -0.4 is 5.32 Å². The van der Waals surface area contributed by atoms with Gasteiger partial charge in [-0.15, -0.1) is 0 Å². The summed E-state index contributed by atoms with van der Waals surface area (Å²) in [6, 6.07) is 9.16. The zero-order valence-corrected chi connectivity index (χ0v) is 21.2. The van der Waals surface area contributed by atoms with Gasteiger partial charge in [0.1, 0.15) is 0 Å². The second-order valence-electron chi connectivity index (χ2n) is 9.37. The molecule has 198 valence electrons. The largest absolute Gasteiger partial charge is 0.416 e. The third-order valence-electron chi connectivity index (χ3n) is 6.53. The Balaban J connectivity index is 1.33. The molecule has 1 aliphatic rings. The molecule has 4 heterocycles. The van der Waals surface area contributed by atoms with Crippen LogP contribution in [0.25, 0.3) is 10.9 Å². The number of carbonyl (C=O) groups is 1. The lowest BCUT2D eigenvalue weighted by atomic mass is 10.0. The fraction of sp³-hybridized carbons (Fsp3) is 0.241. The van der Waals surface area contributed by atoms with Gasteiger partial charge in [-0.25, -0.2) is 0 Å². The van der Waals surface area contributed by atoms with Crippen molar-refractivity contribution in [1.29, 1.82) is 0 Å². The van der Waals surface area contributed by atoms with Gasteiger partial charge in [0.25, 0.3) is 5.91 Å². The summed E-state index contributed by atoms with van der Waals surface area (Å²) in [5.41, 5.74) is 1.52. The molecule has 4 aromatic rings. The SMILES string of the molecule is CN1CCN(Cc2ccc(NC(=O)c3cncc(C#Cc4cncc5ncccc45)c3)cc2C(F)(F)F)CC1. The number of benzene rings is 1. The van der Waals surface area contributed by atoms with Gasteiger partial charge in [0.2, 0.25) is 0 Å². The maximum atomic E-state index is 13.9. The average Bonchev–Trinajstić information content (AvgIpc) is 2.93. The molecule has 3 aromatic heterocycles. The number of carbonyl (C=O) groups excluding carboxylic acids is 1. The van der Waals surface area contributed by atoms with E-state index in [9.17, 15) is 18.0 Å². The number of nitrogens with zero attached hydrogens (tertiary/aromatic N) is 5. The first-order chi connectivity index (χ1) is 18.8. The number of rotatable bonds is 4. The Morgan fingerprint density at radius 2 is 1.79 bits per heavy atom. The van der Waals surface area contributed by atoms with Gasteiger partial charge in [-0.2, -0.15) is 13.2 Å². The van der Waals surface area contributed by atoms with Crippen molar-refractivity contribution in [3.8, 4) is 11.8 Å². The number of halogens is 3. The Bertz CT molecular complexity index is 1560. The van der Waals surface area contributed by atoms with Crippen LogP contribution in [0.4, 0.5) is 18.9 Å². The maximum absolute atomic E-state index is 13.9. The molecule has 10 heteroatoms. The highest BCUT2D eigenvalue weighted by atomic mass is 19.4. The van der Waals surface area contributed by atoms with Crippen LogP contribution in [0.2, 0.25) is 0 Å². The van der Waals surface area contributed by atoms with E-state index in [1.807, 2.05) is 24.1 Å². The molecular formula is C29H25F3N6O. The number of amides is 1. The first-order valence-corrected chi connectivity index (χ1v) is 12.3. The highest BCUT2D eigenvalue weighted by Crippen LogP contribution is 2.34. The Kier molecular flexibility index (Phi) is 7.54. The van der Waals surface area contributed by atoms with Crippen molar-refractivity contribution in [2.45, 2.75) is 12.7 Å². The quantitative estimate of drug-likeness (QED) is 0.394. The molecule has 0 radical (unpaired) electrons. The van der Waals surface area contributed by atoms with Gasteiger partial charge < -0.3 is 10.2 Å². The maximum Gasteiger partial charge on any atom is 0.416 e. The molecule has 39 heavy (non-hydrogen) atoms. The molecule has 7 nitrogen and oxygen atoms in total. The highest BCUT2D eigenvalue weighted by Gasteiger charge is 2.34. The lowest BCUT2D eigenvalue weighted by Gasteiger charge is -2.33. The molecule has 0 spiro atoms. The third kappa shape index (κ3) is 6.39. The summed E-state index contributed by atoms with van der Waals surface area (Å²) in [6.45, 7) is 3.22. The van der Waals surface area contributed by atoms with Crippen molar-refractivity contribution < 1.29 is 18.0 Å². The topological polar surface area (TPSA) is 74.2 Å². The van der Waals surface area contributed by atoms with Gasteiger partial charge in [-0.3, -0.25) is 24.6 Å². The standard InChI is InChI=1S/C29H25F3N6O/c1-37-9-11-38(12-10-37)19-22-6-7-24(14-26(22)29(30,31)32)36-28(39)23-13-20(15-33-17-23)4-5-21-16-34-18-27-25(21)3-2-8-35-27/h2-3,6-8,13-18H,9-12,19H2,1H3,(H,36,39). The van der Waals surface area contributed by atoms with Crippen LogP contribution in [-0.4, -0.2) is 63.9 Å². The molecule has 1 aromatic carbocycles. The van der Waals surface area contributed by atoms with Crippen molar-refractivity contribution in [1.82, 2.24) is 24.8 Å². The summed E-state index contributed by atoms with van der Waals surface area (Å²) < 4.78 is 41.7. The molecule has 1 amide bonds. The van der Waals surface area contributed by atoms with Crippen molar-refractivity contribution in [2.75, 3.05) is 38.5 Å². The van der Waals surface area contributed by atoms with E-state index in [1.54, 1.807) is 24.7 Å². The number of hydrogen-bond donors (Lipinski definition) is 1. The number of likely N-dealkylation sites (N-methyl/N-ethyl adjacent to an activating group) is 1. The number of fused-ring (bicyclic) bond motifs is 1. The highest BCUT2D eigenvalue weighted by molar-refractivity contribution is 6.04. The van der Waals surface area contributed by atoms with E-state index < -0.39 is 17.6 Å². The fourth-order valence-electron chi connectivity index (χ4n) is 4.38. The molecule has 0 bridgehead atoms. The predicted octanol–water partition coefficient (Wildman–Crippen LogP) is 4.44. The van der Waals surface area contributed by atoms with E-state index in [1.165, 1.54) is 24.5 Å². The number of aromatic nitrogens is 3. The minimum Gasteiger partial charge on any atom is -0.322 e. The monoisotopic (exact) mass is 530 g/mol. The van der Waals surface area contributed by atoms with E-state index in [2.05, 4.69) is 37.0 Å². The second kappa shape index (κ2) is 11.2. The Labute approximate surface area is 223 Å². The number of pyridine rings is 3. The first kappa shape index (κ1) is 26.3. The Morgan fingerprint density at radius 3 is 2.59 bits per heavy atom. The van der Waals surface area contributed by atoms with E-state index in [4.69, 9.17) is 0 Å². The zero-order chi connectivity index (χ0) is 27.4. The number of nitrogens with one attached hydrogen (secondary N) is 1. The lowest BCUT2D eigenvalue weighted by molar-refractivity contribution is -0.138. The fourth-order valence-corrected chi connectivity index (χ4v) is 4.38. The first-order valence-electron chi connectivity index (χ1n) is 12.3. The Hall–Kier alpha value is -4.33. The Morgan fingerprint density at radius 1 is 1.00 bits per heavy atom. The van der Waals surface area contributed by atoms with Gasteiger partial charge in [0, 0.05) is 74.1 Å². The van der Waals surface area contributed by atoms with Gasteiger partial charge in [0.05, 0.1) is 28.4 Å². The van der Waals surface area contributed by atoms with Crippen LogP contribution in [0.1, 0.15) is 32.6 Å². The van der Waals surface area contributed by atoms with Crippen LogP contribution in [0.5, 0.6) is 0 Å². The summed E-state index contributed by atoms with van der Waals surface area (Å²) in [4.78, 5) is 29.5. The number of alkyl halides is 3. The molecular weight excluding hydrogens is 505 g/mol. The minimum atomic E-state index is -4.55. The molecule has 0 unspecified atom stereocenters. The number of hydrogen-bond acceptors (Lipinski definition) is 6. The van der Waals surface area contributed by atoms with Crippen molar-refractivity contribution >= 4 is 22.5 Å². The molecule has 1 aliphatic heterocycles. The van der Waals surface area contributed by atoms with Gasteiger partial charge in [-0.1, -0.05) is 17.9 Å². The number of anilines is 1. The summed E-state index contributed by atoms with van der Waals surface area (Å²) in [6.07, 6.45) is 3.26. The third-order valence-corrected chi connectivity index (χ3v) is 6.53. The van der Waals surface area contributed by atoms with Crippen LogP contribution in [0.3, 0.4) is 0 Å². The van der Waals surface area contributed by atoms with Gasteiger partial charge in [-0.05, 0) is 42.9 Å². The van der Waals surface area contributed by atoms with Crippen molar-refractivity contribution in [3.63, 3.8) is 0 Å². The molecule has 1 saturated heterocycles. The zero-order valence-electron chi connectivity index (χ0n) is 21.2. The smallest absolute Gasteiger partial charge is 0.322 e. The summed E-state index contributed by atoms with van der Waals surface area (Å²) in [5.74, 6) is 5.42. The van der Waals surface area contributed by atoms with Gasteiger partial charge in [0.15, 0.2) is 0 Å². The minimum absolute atomic E-state index is 0.0558. The molecule has 0 saturated carbocycles. The predicted molar refractivity (Wildman–Crippen MR) is 142 cm³/mol. The normalized spacial score (nSPS) is 14.6. The summed E-state index contributed by atoms with van der Waals surface area (Å²) >= 11 is 0. The van der Waals surface area contributed by atoms with Crippen LogP contribution >= 0.6 is 0 Å². The van der Waals surface area contributed by atoms with Gasteiger partial charge >= 0.3 is 6.18 Å². The second-order valence-corrected chi connectivity index (χ2v) is 9.37. The number of piperazine rings is 1. The molecule has 0 aliphatic carbocycles. The van der Waals surface area contributed by atoms with E-state index in [0.29, 0.717) is 29.7 Å². The van der Waals surface area contributed by atoms with Crippen LogP contribution in [-0.2, 0) is 12.7 Å². The van der Waals surface area contributed by atoms with Crippen LogP contribution in [0.15, 0.2) is 67.4 Å². The van der Waals surface area contributed by atoms with E-state index in [0.717, 1.165) is 24.5 Å². The van der Waals surface area contributed by atoms with Crippen molar-refractivity contribution in [2.24, 2.45) is 0 Å².